The number of hydrogen-bond acceptors (Lipinski definition) is 2. The Labute approximate surface area is 84.4 Å². The molecule has 0 spiro atoms. The number of nitriles is 1. The monoisotopic (exact) mass is 212 g/mol. The Hall–Kier alpha value is -1.96. The van der Waals surface area contributed by atoms with E-state index in [2.05, 4.69) is 0 Å². The minimum absolute atomic E-state index is 0.174. The summed E-state index contributed by atoms with van der Waals surface area (Å²) >= 11 is 0. The zero-order valence-electron chi connectivity index (χ0n) is 7.55. The molecule has 1 aromatic carbocycles. The van der Waals surface area contributed by atoms with E-state index in [-0.39, 0.29) is 11.3 Å². The topological polar surface area (TPSA) is 49.8 Å². The molecule has 78 valence electrons. The molecule has 0 radical (unpaired) electrons. The number of nitrogens with two attached hydrogens (primary N) is 1. The van der Waals surface area contributed by atoms with Crippen molar-refractivity contribution >= 4 is 5.70 Å². The second-order valence-corrected chi connectivity index (χ2v) is 2.77. The van der Waals surface area contributed by atoms with Crippen molar-refractivity contribution in [1.82, 2.24) is 0 Å². The summed E-state index contributed by atoms with van der Waals surface area (Å²) < 4.78 is 37.4. The van der Waals surface area contributed by atoms with Crippen molar-refractivity contribution in [1.29, 1.82) is 5.26 Å². The smallest absolute Gasteiger partial charge is 0.398 e. The molecule has 0 atom stereocenters. The molecule has 15 heavy (non-hydrogen) atoms. The summed E-state index contributed by atoms with van der Waals surface area (Å²) in [5, 5.41) is 8.30. The highest BCUT2D eigenvalue weighted by Crippen LogP contribution is 2.33. The average Bonchev–Trinajstić information content (AvgIpc) is 2.17. The van der Waals surface area contributed by atoms with E-state index in [0.717, 1.165) is 12.1 Å². The number of benzene rings is 1. The fourth-order valence-corrected chi connectivity index (χ4v) is 1.13. The van der Waals surface area contributed by atoms with E-state index in [1.54, 1.807) is 6.07 Å². The fraction of sp³-hybridized carbons (Fsp3) is 0.100. The minimum atomic E-state index is -4.47. The summed E-state index contributed by atoms with van der Waals surface area (Å²) in [6, 6.07) is 6.45. The van der Waals surface area contributed by atoms with Gasteiger partial charge in [-0.1, -0.05) is 18.2 Å². The van der Waals surface area contributed by atoms with E-state index in [1.165, 1.54) is 18.2 Å². The zero-order chi connectivity index (χ0) is 11.5. The van der Waals surface area contributed by atoms with Gasteiger partial charge in [0.1, 0.15) is 0 Å². The molecule has 0 saturated carbocycles. The van der Waals surface area contributed by atoms with E-state index in [1.807, 2.05) is 0 Å². The van der Waals surface area contributed by atoms with Gasteiger partial charge in [0.25, 0.3) is 0 Å². The number of hydrogen-bond donors (Lipinski definition) is 1. The largest absolute Gasteiger partial charge is 0.417 e. The standard InChI is InChI=1S/C10H7F3N2/c11-10(12,13)8-4-2-1-3-7(8)9(15)5-6-14/h1-5H,15H2/b9-5-. The number of halogens is 3. The van der Waals surface area contributed by atoms with Crippen LogP contribution in [0.15, 0.2) is 30.3 Å². The maximum atomic E-state index is 12.5. The highest BCUT2D eigenvalue weighted by atomic mass is 19.4. The Morgan fingerprint density at radius 1 is 1.33 bits per heavy atom. The first-order valence-electron chi connectivity index (χ1n) is 3.98. The third-order valence-corrected chi connectivity index (χ3v) is 1.76. The first-order chi connectivity index (χ1) is 6.96. The summed E-state index contributed by atoms with van der Waals surface area (Å²) in [5.41, 5.74) is 4.14. The van der Waals surface area contributed by atoms with Gasteiger partial charge in [-0.15, -0.1) is 0 Å². The zero-order valence-corrected chi connectivity index (χ0v) is 7.55. The van der Waals surface area contributed by atoms with E-state index in [0.29, 0.717) is 0 Å². The summed E-state index contributed by atoms with van der Waals surface area (Å²) in [6.45, 7) is 0. The van der Waals surface area contributed by atoms with Crippen LogP contribution in [-0.4, -0.2) is 0 Å². The molecule has 1 aromatic rings. The molecule has 0 aromatic heterocycles. The maximum Gasteiger partial charge on any atom is 0.417 e. The van der Waals surface area contributed by atoms with Crippen LogP contribution in [0, 0.1) is 11.3 Å². The van der Waals surface area contributed by atoms with Crippen LogP contribution in [0.4, 0.5) is 13.2 Å². The summed E-state index contributed by atoms with van der Waals surface area (Å²) in [7, 11) is 0. The second-order valence-electron chi connectivity index (χ2n) is 2.77. The number of alkyl halides is 3. The van der Waals surface area contributed by atoms with Gasteiger partial charge < -0.3 is 5.73 Å². The van der Waals surface area contributed by atoms with Crippen LogP contribution < -0.4 is 5.73 Å². The molecule has 0 heterocycles. The quantitative estimate of drug-likeness (QED) is 0.727. The summed E-state index contributed by atoms with van der Waals surface area (Å²) in [6.07, 6.45) is -3.59. The van der Waals surface area contributed by atoms with Gasteiger partial charge in [0.2, 0.25) is 0 Å². The Morgan fingerprint density at radius 3 is 2.47 bits per heavy atom. The normalized spacial score (nSPS) is 12.3. The Kier molecular flexibility index (Phi) is 3.00. The Bertz CT molecular complexity index is 427. The van der Waals surface area contributed by atoms with Gasteiger partial charge >= 0.3 is 6.18 Å². The van der Waals surface area contributed by atoms with E-state index < -0.39 is 11.7 Å². The number of allylic oxidation sites excluding steroid dienone is 1. The van der Waals surface area contributed by atoms with Crippen molar-refractivity contribution in [3.63, 3.8) is 0 Å². The Balaban J connectivity index is 3.32. The SMILES string of the molecule is N#C/C=C(\N)c1ccccc1C(F)(F)F. The van der Waals surface area contributed by atoms with Crippen molar-refractivity contribution in [2.24, 2.45) is 5.73 Å². The lowest BCUT2D eigenvalue weighted by atomic mass is 10.0. The molecule has 0 bridgehead atoms. The molecular formula is C10H7F3N2. The molecule has 0 amide bonds. The number of rotatable bonds is 1. The van der Waals surface area contributed by atoms with Crippen molar-refractivity contribution in [2.75, 3.05) is 0 Å². The van der Waals surface area contributed by atoms with Gasteiger partial charge in [0.15, 0.2) is 0 Å². The molecule has 0 aliphatic carbocycles. The lowest BCUT2D eigenvalue weighted by Crippen LogP contribution is -2.11. The summed E-state index contributed by atoms with van der Waals surface area (Å²) in [5.74, 6) is 0. The van der Waals surface area contributed by atoms with E-state index in [9.17, 15) is 13.2 Å². The van der Waals surface area contributed by atoms with Crippen molar-refractivity contribution in [3.8, 4) is 6.07 Å². The lowest BCUT2D eigenvalue weighted by molar-refractivity contribution is -0.137. The van der Waals surface area contributed by atoms with Gasteiger partial charge in [-0.2, -0.15) is 18.4 Å². The molecule has 0 aliphatic heterocycles. The van der Waals surface area contributed by atoms with Crippen molar-refractivity contribution in [2.45, 2.75) is 6.18 Å². The fourth-order valence-electron chi connectivity index (χ4n) is 1.13. The van der Waals surface area contributed by atoms with Crippen molar-refractivity contribution in [3.05, 3.63) is 41.5 Å². The minimum Gasteiger partial charge on any atom is -0.398 e. The van der Waals surface area contributed by atoms with E-state index in [4.69, 9.17) is 11.0 Å². The molecule has 2 N–H and O–H groups in total. The highest BCUT2D eigenvalue weighted by Gasteiger charge is 2.33. The predicted octanol–water partition coefficient (Wildman–Crippen LogP) is 2.53. The van der Waals surface area contributed by atoms with Gasteiger partial charge in [-0.25, -0.2) is 0 Å². The second kappa shape index (κ2) is 4.05. The molecule has 0 saturated heterocycles. The van der Waals surface area contributed by atoms with Gasteiger partial charge in [0.05, 0.1) is 11.6 Å². The lowest BCUT2D eigenvalue weighted by Gasteiger charge is -2.11. The van der Waals surface area contributed by atoms with Gasteiger partial charge in [0, 0.05) is 17.3 Å². The highest BCUT2D eigenvalue weighted by molar-refractivity contribution is 5.67. The van der Waals surface area contributed by atoms with Crippen LogP contribution in [0.25, 0.3) is 5.70 Å². The third-order valence-electron chi connectivity index (χ3n) is 1.76. The molecule has 2 nitrogen and oxygen atoms in total. The number of nitrogens with zero attached hydrogens (tertiary/aromatic N) is 1. The molecule has 5 heteroatoms. The van der Waals surface area contributed by atoms with Crippen LogP contribution in [-0.2, 0) is 6.18 Å². The van der Waals surface area contributed by atoms with Gasteiger partial charge in [-0.05, 0) is 6.07 Å². The summed E-state index contributed by atoms with van der Waals surface area (Å²) in [4.78, 5) is 0. The molecular weight excluding hydrogens is 205 g/mol. The molecule has 0 fully saturated rings. The first kappa shape index (κ1) is 11.1. The molecule has 0 aliphatic rings. The van der Waals surface area contributed by atoms with Crippen LogP contribution >= 0.6 is 0 Å². The van der Waals surface area contributed by atoms with Gasteiger partial charge in [-0.3, -0.25) is 0 Å². The van der Waals surface area contributed by atoms with Crippen molar-refractivity contribution < 1.29 is 13.2 Å². The average molecular weight is 212 g/mol. The molecule has 1 rings (SSSR count). The van der Waals surface area contributed by atoms with E-state index >= 15 is 0 Å². The van der Waals surface area contributed by atoms with Crippen LogP contribution in [0.5, 0.6) is 0 Å². The third kappa shape index (κ3) is 2.50. The maximum absolute atomic E-state index is 12.5. The van der Waals surface area contributed by atoms with Crippen LogP contribution in [0.2, 0.25) is 0 Å². The molecule has 0 unspecified atom stereocenters. The van der Waals surface area contributed by atoms with Crippen LogP contribution in [0.1, 0.15) is 11.1 Å². The first-order valence-corrected chi connectivity index (χ1v) is 3.98. The van der Waals surface area contributed by atoms with Crippen LogP contribution in [0.3, 0.4) is 0 Å². The predicted molar refractivity (Wildman–Crippen MR) is 49.2 cm³/mol. The Morgan fingerprint density at radius 2 is 1.93 bits per heavy atom.